The van der Waals surface area contributed by atoms with Crippen molar-refractivity contribution in [3.8, 4) is 0 Å². The molecule has 0 nitrogen and oxygen atoms in total. The maximum absolute atomic E-state index is 13.1. The fourth-order valence-corrected chi connectivity index (χ4v) is 3.06. The monoisotopic (exact) mass is 320 g/mol. The van der Waals surface area contributed by atoms with Crippen LogP contribution in [-0.4, -0.2) is 0 Å². The van der Waals surface area contributed by atoms with Crippen LogP contribution >= 0.6 is 15.9 Å². The normalized spacial score (nSPS) is 12.4. The molecule has 100 valence electrons. The first-order valence-corrected chi connectivity index (χ1v) is 7.52. The fraction of sp³-hybridized carbons (Fsp3) is 0.294. The average molecular weight is 321 g/mol. The van der Waals surface area contributed by atoms with Gasteiger partial charge < -0.3 is 0 Å². The highest BCUT2D eigenvalue weighted by atomic mass is 79.9. The first kappa shape index (κ1) is 14.3. The molecule has 0 radical (unpaired) electrons. The van der Waals surface area contributed by atoms with E-state index in [9.17, 15) is 4.39 Å². The highest BCUT2D eigenvalue weighted by Crippen LogP contribution is 2.33. The second-order valence-corrected chi connectivity index (χ2v) is 5.77. The van der Waals surface area contributed by atoms with E-state index in [-0.39, 0.29) is 10.6 Å². The number of rotatable bonds is 4. The number of hydrogen-bond donors (Lipinski definition) is 0. The van der Waals surface area contributed by atoms with Gasteiger partial charge in [0.1, 0.15) is 5.82 Å². The number of halogens is 2. The van der Waals surface area contributed by atoms with Crippen LogP contribution in [-0.2, 0) is 6.42 Å². The molecule has 0 aromatic heterocycles. The van der Waals surface area contributed by atoms with E-state index < -0.39 is 0 Å². The lowest BCUT2D eigenvalue weighted by molar-refractivity contribution is 0.626. The summed E-state index contributed by atoms with van der Waals surface area (Å²) < 4.78 is 13.1. The van der Waals surface area contributed by atoms with Crippen LogP contribution in [0, 0.1) is 12.7 Å². The van der Waals surface area contributed by atoms with E-state index in [0.717, 1.165) is 24.0 Å². The van der Waals surface area contributed by atoms with Crippen molar-refractivity contribution in [2.45, 2.75) is 31.5 Å². The first-order valence-electron chi connectivity index (χ1n) is 6.60. The van der Waals surface area contributed by atoms with Gasteiger partial charge in [-0.1, -0.05) is 59.6 Å². The van der Waals surface area contributed by atoms with Crippen molar-refractivity contribution in [2.75, 3.05) is 0 Å². The molecule has 2 heteroatoms. The molecule has 2 aromatic rings. The van der Waals surface area contributed by atoms with Gasteiger partial charge in [-0.15, -0.1) is 0 Å². The third-order valence-corrected chi connectivity index (χ3v) is 4.34. The Morgan fingerprint density at radius 3 is 2.37 bits per heavy atom. The molecule has 0 bridgehead atoms. The van der Waals surface area contributed by atoms with Crippen molar-refractivity contribution in [3.63, 3.8) is 0 Å². The Morgan fingerprint density at radius 2 is 1.79 bits per heavy atom. The molecular formula is C17H18BrF. The minimum atomic E-state index is -0.181. The van der Waals surface area contributed by atoms with Crippen molar-refractivity contribution in [3.05, 3.63) is 70.5 Å². The van der Waals surface area contributed by atoms with E-state index in [1.54, 1.807) is 6.07 Å². The van der Waals surface area contributed by atoms with Crippen LogP contribution in [0.1, 0.15) is 40.4 Å². The number of hydrogen-bond acceptors (Lipinski definition) is 0. The Labute approximate surface area is 122 Å². The summed E-state index contributed by atoms with van der Waals surface area (Å²) in [5, 5.41) is 0. The van der Waals surface area contributed by atoms with Crippen LogP contribution in [0.15, 0.2) is 42.5 Å². The molecule has 0 aliphatic carbocycles. The second kappa shape index (κ2) is 6.33. The lowest BCUT2D eigenvalue weighted by Gasteiger charge is -2.14. The quantitative estimate of drug-likeness (QED) is 0.646. The highest BCUT2D eigenvalue weighted by Gasteiger charge is 2.13. The Balaban J connectivity index is 2.25. The molecule has 0 saturated heterocycles. The maximum Gasteiger partial charge on any atom is 0.123 e. The largest absolute Gasteiger partial charge is 0.207 e. The van der Waals surface area contributed by atoms with Gasteiger partial charge in [-0.3, -0.25) is 0 Å². The molecule has 0 saturated carbocycles. The summed E-state index contributed by atoms with van der Waals surface area (Å²) in [6.45, 7) is 4.13. The predicted octanol–water partition coefficient (Wildman–Crippen LogP) is 5.57. The second-order valence-electron chi connectivity index (χ2n) is 4.86. The minimum Gasteiger partial charge on any atom is -0.207 e. The summed E-state index contributed by atoms with van der Waals surface area (Å²) in [5.41, 5.74) is 4.65. The molecule has 2 rings (SSSR count). The topological polar surface area (TPSA) is 0 Å². The molecule has 0 heterocycles. The van der Waals surface area contributed by atoms with Crippen molar-refractivity contribution < 1.29 is 4.39 Å². The van der Waals surface area contributed by atoms with E-state index in [1.807, 2.05) is 13.0 Å². The molecule has 19 heavy (non-hydrogen) atoms. The van der Waals surface area contributed by atoms with E-state index in [2.05, 4.69) is 47.1 Å². The SMILES string of the molecule is CCCc1ccc(C(Br)c2ccc(F)cc2C)cc1. The molecule has 1 unspecified atom stereocenters. The fourth-order valence-electron chi connectivity index (χ4n) is 2.24. The van der Waals surface area contributed by atoms with Gasteiger partial charge in [0.2, 0.25) is 0 Å². The zero-order valence-electron chi connectivity index (χ0n) is 11.3. The third kappa shape index (κ3) is 3.44. The van der Waals surface area contributed by atoms with Crippen molar-refractivity contribution in [1.82, 2.24) is 0 Å². The van der Waals surface area contributed by atoms with Gasteiger partial charge >= 0.3 is 0 Å². The third-order valence-electron chi connectivity index (χ3n) is 3.32. The molecule has 0 aliphatic heterocycles. The Kier molecular flexibility index (Phi) is 4.76. The van der Waals surface area contributed by atoms with Gasteiger partial charge in [0.15, 0.2) is 0 Å². The number of aryl methyl sites for hydroxylation is 2. The smallest absolute Gasteiger partial charge is 0.123 e. The van der Waals surface area contributed by atoms with E-state index in [0.29, 0.717) is 0 Å². The van der Waals surface area contributed by atoms with Crippen LogP contribution in [0.4, 0.5) is 4.39 Å². The van der Waals surface area contributed by atoms with Crippen LogP contribution in [0.2, 0.25) is 0 Å². The molecule has 0 aliphatic rings. The van der Waals surface area contributed by atoms with Crippen LogP contribution in [0.3, 0.4) is 0 Å². The molecular weight excluding hydrogens is 303 g/mol. The van der Waals surface area contributed by atoms with Gasteiger partial charge in [-0.05, 0) is 47.7 Å². The van der Waals surface area contributed by atoms with Crippen LogP contribution in [0.5, 0.6) is 0 Å². The summed E-state index contributed by atoms with van der Waals surface area (Å²) in [6, 6.07) is 13.6. The molecule has 0 fully saturated rings. The van der Waals surface area contributed by atoms with E-state index >= 15 is 0 Å². The van der Waals surface area contributed by atoms with Gasteiger partial charge in [-0.25, -0.2) is 4.39 Å². The van der Waals surface area contributed by atoms with Gasteiger partial charge in [-0.2, -0.15) is 0 Å². The van der Waals surface area contributed by atoms with Crippen molar-refractivity contribution in [1.29, 1.82) is 0 Å². The van der Waals surface area contributed by atoms with Crippen LogP contribution < -0.4 is 0 Å². The molecule has 2 aromatic carbocycles. The molecule has 0 amide bonds. The van der Waals surface area contributed by atoms with Crippen molar-refractivity contribution >= 4 is 15.9 Å². The van der Waals surface area contributed by atoms with Gasteiger partial charge in [0.25, 0.3) is 0 Å². The molecule has 0 spiro atoms. The lowest BCUT2D eigenvalue weighted by Crippen LogP contribution is -1.97. The Morgan fingerprint density at radius 1 is 1.11 bits per heavy atom. The van der Waals surface area contributed by atoms with Gasteiger partial charge in [0.05, 0.1) is 4.83 Å². The Hall–Kier alpha value is -1.15. The molecule has 1 atom stereocenters. The summed E-state index contributed by atoms with van der Waals surface area (Å²) in [7, 11) is 0. The number of alkyl halides is 1. The minimum absolute atomic E-state index is 0.115. The standard InChI is InChI=1S/C17H18BrF/c1-3-4-13-5-7-14(8-6-13)17(18)16-10-9-15(19)11-12(16)2/h5-11,17H,3-4H2,1-2H3. The zero-order chi connectivity index (χ0) is 13.8. The number of benzene rings is 2. The summed E-state index contributed by atoms with van der Waals surface area (Å²) in [4.78, 5) is 0.115. The van der Waals surface area contributed by atoms with E-state index in [1.165, 1.54) is 17.2 Å². The maximum atomic E-state index is 13.1. The average Bonchev–Trinajstić information content (AvgIpc) is 2.39. The molecule has 0 N–H and O–H groups in total. The first-order chi connectivity index (χ1) is 9.11. The highest BCUT2D eigenvalue weighted by molar-refractivity contribution is 9.09. The van der Waals surface area contributed by atoms with E-state index in [4.69, 9.17) is 0 Å². The summed E-state index contributed by atoms with van der Waals surface area (Å²) in [6.07, 6.45) is 2.27. The Bertz CT molecular complexity index is 546. The summed E-state index contributed by atoms with van der Waals surface area (Å²) >= 11 is 3.71. The van der Waals surface area contributed by atoms with Crippen molar-refractivity contribution in [2.24, 2.45) is 0 Å². The van der Waals surface area contributed by atoms with Gasteiger partial charge in [0, 0.05) is 0 Å². The zero-order valence-corrected chi connectivity index (χ0v) is 12.9. The predicted molar refractivity (Wildman–Crippen MR) is 82.3 cm³/mol. The summed E-state index contributed by atoms with van der Waals surface area (Å²) in [5.74, 6) is -0.181. The van der Waals surface area contributed by atoms with Crippen LogP contribution in [0.25, 0.3) is 0 Å². The lowest BCUT2D eigenvalue weighted by atomic mass is 9.99.